The Balaban J connectivity index is 2.11. The molecule has 0 saturated carbocycles. The van der Waals surface area contributed by atoms with Crippen molar-refractivity contribution in [2.75, 3.05) is 24.5 Å². The summed E-state index contributed by atoms with van der Waals surface area (Å²) in [6.45, 7) is 11.4. The number of carboxylic acid groups (broad SMARTS) is 1. The van der Waals surface area contributed by atoms with Gasteiger partial charge in [0.05, 0.1) is 6.54 Å². The summed E-state index contributed by atoms with van der Waals surface area (Å²) in [6, 6.07) is 6.77. The fourth-order valence-corrected chi connectivity index (χ4v) is 3.17. The van der Waals surface area contributed by atoms with Gasteiger partial charge in [-0.1, -0.05) is 6.07 Å². The van der Waals surface area contributed by atoms with Gasteiger partial charge in [0.1, 0.15) is 23.5 Å². The highest BCUT2D eigenvalue weighted by molar-refractivity contribution is 5.81. The Labute approximate surface area is 160 Å². The lowest BCUT2D eigenvalue weighted by Crippen LogP contribution is -2.43. The van der Waals surface area contributed by atoms with Crippen LogP contribution in [-0.4, -0.2) is 59.5 Å². The number of amides is 1. The summed E-state index contributed by atoms with van der Waals surface area (Å²) in [6.07, 6.45) is -0.798. The van der Waals surface area contributed by atoms with Crippen molar-refractivity contribution >= 4 is 17.7 Å². The van der Waals surface area contributed by atoms with Crippen molar-refractivity contribution in [2.24, 2.45) is 0 Å². The average molecular weight is 378 g/mol. The minimum atomic E-state index is -1.05. The molecule has 1 aliphatic rings. The van der Waals surface area contributed by atoms with E-state index in [1.807, 2.05) is 24.3 Å². The third-order valence-corrected chi connectivity index (χ3v) is 4.42. The van der Waals surface area contributed by atoms with E-state index in [9.17, 15) is 14.7 Å². The van der Waals surface area contributed by atoms with Crippen LogP contribution in [-0.2, 0) is 9.53 Å². The number of rotatable bonds is 6. The fraction of sp³-hybridized carbons (Fsp3) is 0.600. The van der Waals surface area contributed by atoms with Crippen LogP contribution in [0.4, 0.5) is 10.5 Å². The number of nitrogens with zero attached hydrogens (tertiary/aromatic N) is 2. The highest BCUT2D eigenvalue weighted by atomic mass is 16.6. The fourth-order valence-electron chi connectivity index (χ4n) is 3.17. The van der Waals surface area contributed by atoms with E-state index in [0.717, 1.165) is 18.8 Å². The summed E-state index contributed by atoms with van der Waals surface area (Å²) in [5.74, 6) is -0.386. The molecule has 1 N–H and O–H groups in total. The third kappa shape index (κ3) is 5.52. The lowest BCUT2D eigenvalue weighted by Gasteiger charge is -2.26. The van der Waals surface area contributed by atoms with Crippen molar-refractivity contribution in [3.63, 3.8) is 0 Å². The van der Waals surface area contributed by atoms with Crippen LogP contribution in [0.5, 0.6) is 5.75 Å². The van der Waals surface area contributed by atoms with Gasteiger partial charge in [0.2, 0.25) is 0 Å². The molecule has 2 atom stereocenters. The zero-order valence-electron chi connectivity index (χ0n) is 16.8. The van der Waals surface area contributed by atoms with Gasteiger partial charge >= 0.3 is 12.1 Å². The first kappa shape index (κ1) is 20.9. The second-order valence-corrected chi connectivity index (χ2v) is 7.63. The molecule has 1 fully saturated rings. The number of aliphatic carboxylic acids is 1. The number of hydrogen-bond acceptors (Lipinski definition) is 5. The van der Waals surface area contributed by atoms with Crippen molar-refractivity contribution in [3.8, 4) is 5.75 Å². The Hall–Kier alpha value is -2.44. The van der Waals surface area contributed by atoms with E-state index in [1.165, 1.54) is 4.90 Å². The number of ether oxygens (including phenoxy) is 2. The minimum absolute atomic E-state index is 0.182. The molecule has 0 spiro atoms. The first-order valence-electron chi connectivity index (χ1n) is 9.38. The van der Waals surface area contributed by atoms with Crippen LogP contribution in [0.3, 0.4) is 0 Å². The molecule has 1 aliphatic heterocycles. The molecule has 0 bridgehead atoms. The summed E-state index contributed by atoms with van der Waals surface area (Å²) in [5.41, 5.74) is 0.367. The molecule has 1 heterocycles. The molecule has 1 aromatic rings. The van der Waals surface area contributed by atoms with Crippen LogP contribution >= 0.6 is 0 Å². The van der Waals surface area contributed by atoms with E-state index in [4.69, 9.17) is 9.47 Å². The van der Waals surface area contributed by atoms with Gasteiger partial charge in [-0.15, -0.1) is 0 Å². The van der Waals surface area contributed by atoms with Crippen molar-refractivity contribution in [2.45, 2.75) is 58.8 Å². The van der Waals surface area contributed by atoms with Crippen LogP contribution < -0.4 is 9.64 Å². The topological polar surface area (TPSA) is 79.3 Å². The Morgan fingerprint density at radius 3 is 2.48 bits per heavy atom. The third-order valence-electron chi connectivity index (χ3n) is 4.42. The Bertz CT molecular complexity index is 667. The molecule has 1 saturated heterocycles. The SMILES string of the molecule is CCN(CC)c1cccc(OC2CC(C(=O)O)N(C(=O)OC(C)(C)C)C2)c1. The number of anilines is 1. The van der Waals surface area contributed by atoms with Crippen LogP contribution in [0.2, 0.25) is 0 Å². The summed E-state index contributed by atoms with van der Waals surface area (Å²) in [5, 5.41) is 9.48. The Morgan fingerprint density at radius 1 is 1.26 bits per heavy atom. The zero-order valence-corrected chi connectivity index (χ0v) is 16.8. The van der Waals surface area contributed by atoms with E-state index in [0.29, 0.717) is 5.75 Å². The van der Waals surface area contributed by atoms with Crippen molar-refractivity contribution in [3.05, 3.63) is 24.3 Å². The molecule has 7 nitrogen and oxygen atoms in total. The van der Waals surface area contributed by atoms with Gasteiger partial charge in [-0.3, -0.25) is 4.90 Å². The molecule has 0 aliphatic carbocycles. The van der Waals surface area contributed by atoms with Gasteiger partial charge in [0, 0.05) is 31.3 Å². The zero-order chi connectivity index (χ0) is 20.2. The molecule has 2 unspecified atom stereocenters. The maximum absolute atomic E-state index is 12.4. The van der Waals surface area contributed by atoms with E-state index in [-0.39, 0.29) is 13.0 Å². The number of benzene rings is 1. The van der Waals surface area contributed by atoms with Crippen molar-refractivity contribution in [1.82, 2.24) is 4.90 Å². The first-order chi connectivity index (χ1) is 12.6. The molecule has 0 aromatic heterocycles. The summed E-state index contributed by atoms with van der Waals surface area (Å²) < 4.78 is 11.3. The highest BCUT2D eigenvalue weighted by Crippen LogP contribution is 2.27. The smallest absolute Gasteiger partial charge is 0.411 e. The molecule has 27 heavy (non-hydrogen) atoms. The Kier molecular flexibility index (Phi) is 6.57. The van der Waals surface area contributed by atoms with Crippen molar-refractivity contribution in [1.29, 1.82) is 0 Å². The van der Waals surface area contributed by atoms with Gasteiger partial charge in [-0.2, -0.15) is 0 Å². The van der Waals surface area contributed by atoms with Gasteiger partial charge in [-0.25, -0.2) is 9.59 Å². The first-order valence-corrected chi connectivity index (χ1v) is 9.38. The highest BCUT2D eigenvalue weighted by Gasteiger charge is 2.42. The summed E-state index contributed by atoms with van der Waals surface area (Å²) in [4.78, 5) is 27.4. The normalized spacial score (nSPS) is 19.7. The molecule has 2 rings (SSSR count). The molecule has 150 valence electrons. The van der Waals surface area contributed by atoms with Crippen LogP contribution in [0.15, 0.2) is 24.3 Å². The molecular weight excluding hydrogens is 348 g/mol. The molecule has 0 radical (unpaired) electrons. The van der Waals surface area contributed by atoms with Gasteiger partial charge in [-0.05, 0) is 46.8 Å². The van der Waals surface area contributed by atoms with E-state index in [2.05, 4.69) is 18.7 Å². The molecular formula is C20H30N2O5. The quantitative estimate of drug-likeness (QED) is 0.818. The van der Waals surface area contributed by atoms with Gasteiger partial charge in [0.25, 0.3) is 0 Å². The summed E-state index contributed by atoms with van der Waals surface area (Å²) in [7, 11) is 0. The lowest BCUT2D eigenvalue weighted by molar-refractivity contribution is -0.142. The standard InChI is InChI=1S/C20H30N2O5/c1-6-21(7-2)14-9-8-10-15(11-14)26-16-12-17(18(23)24)22(13-16)19(25)27-20(3,4)5/h8-11,16-17H,6-7,12-13H2,1-5H3,(H,23,24). The van der Waals surface area contributed by atoms with Crippen molar-refractivity contribution < 1.29 is 24.2 Å². The number of carbonyl (C=O) groups excluding carboxylic acids is 1. The van der Waals surface area contributed by atoms with E-state index in [1.54, 1.807) is 20.8 Å². The Morgan fingerprint density at radius 2 is 1.93 bits per heavy atom. The van der Waals surface area contributed by atoms with E-state index < -0.39 is 29.8 Å². The monoisotopic (exact) mass is 378 g/mol. The van der Waals surface area contributed by atoms with Crippen LogP contribution in [0.25, 0.3) is 0 Å². The lowest BCUT2D eigenvalue weighted by atomic mass is 10.2. The molecule has 1 amide bonds. The average Bonchev–Trinajstić information content (AvgIpc) is 2.99. The largest absolute Gasteiger partial charge is 0.488 e. The number of hydrogen-bond donors (Lipinski definition) is 1. The van der Waals surface area contributed by atoms with Gasteiger partial charge < -0.3 is 19.5 Å². The van der Waals surface area contributed by atoms with Crippen LogP contribution in [0.1, 0.15) is 41.0 Å². The molecule has 1 aromatic carbocycles. The maximum atomic E-state index is 12.4. The van der Waals surface area contributed by atoms with Crippen LogP contribution in [0, 0.1) is 0 Å². The number of carbonyl (C=O) groups is 2. The summed E-state index contributed by atoms with van der Waals surface area (Å²) >= 11 is 0. The molecule has 7 heteroatoms. The second kappa shape index (κ2) is 8.50. The predicted octanol–water partition coefficient (Wildman–Crippen LogP) is 3.37. The number of likely N-dealkylation sites (tertiary alicyclic amines) is 1. The predicted molar refractivity (Wildman–Crippen MR) is 103 cm³/mol. The second-order valence-electron chi connectivity index (χ2n) is 7.63. The minimum Gasteiger partial charge on any atom is -0.488 e. The van der Waals surface area contributed by atoms with Gasteiger partial charge in [0.15, 0.2) is 0 Å². The maximum Gasteiger partial charge on any atom is 0.411 e. The van der Waals surface area contributed by atoms with E-state index >= 15 is 0 Å². The number of carboxylic acids is 1.